The molecule has 1 atom stereocenters. The topological polar surface area (TPSA) is 0 Å². The standard InChI is InChI=1S/C17H26/c1-17(2)13-8-4-7-11-16(12-14-17)15-9-5-3-6-10-15/h3,5-6,9-10,16H,4,7-8,11-14H2,1-2H3. The summed E-state index contributed by atoms with van der Waals surface area (Å²) < 4.78 is 0. The lowest BCUT2D eigenvalue weighted by Crippen LogP contribution is -2.12. The van der Waals surface area contributed by atoms with E-state index in [2.05, 4.69) is 44.2 Å². The van der Waals surface area contributed by atoms with E-state index in [0.29, 0.717) is 5.41 Å². The molecular weight excluding hydrogens is 204 g/mol. The van der Waals surface area contributed by atoms with Crippen molar-refractivity contribution in [2.75, 3.05) is 0 Å². The van der Waals surface area contributed by atoms with Gasteiger partial charge in [-0.25, -0.2) is 0 Å². The van der Waals surface area contributed by atoms with Crippen LogP contribution in [-0.2, 0) is 0 Å². The lowest BCUT2D eigenvalue weighted by atomic mass is 9.80. The molecule has 94 valence electrons. The molecule has 17 heavy (non-hydrogen) atoms. The van der Waals surface area contributed by atoms with Crippen molar-refractivity contribution < 1.29 is 0 Å². The van der Waals surface area contributed by atoms with Crippen molar-refractivity contribution in [2.24, 2.45) is 5.41 Å². The zero-order valence-electron chi connectivity index (χ0n) is 11.4. The van der Waals surface area contributed by atoms with Gasteiger partial charge in [0.25, 0.3) is 0 Å². The van der Waals surface area contributed by atoms with Gasteiger partial charge in [0.05, 0.1) is 0 Å². The Labute approximate surface area is 106 Å². The zero-order chi connectivity index (χ0) is 12.1. The van der Waals surface area contributed by atoms with Gasteiger partial charge in [-0.15, -0.1) is 0 Å². The van der Waals surface area contributed by atoms with Crippen LogP contribution in [0, 0.1) is 5.41 Å². The number of rotatable bonds is 1. The minimum absolute atomic E-state index is 0.553. The predicted molar refractivity (Wildman–Crippen MR) is 75.3 cm³/mol. The summed E-state index contributed by atoms with van der Waals surface area (Å²) in [5, 5.41) is 0. The van der Waals surface area contributed by atoms with E-state index in [1.807, 2.05) is 0 Å². The molecule has 1 fully saturated rings. The van der Waals surface area contributed by atoms with Crippen LogP contribution in [0.4, 0.5) is 0 Å². The molecule has 0 heterocycles. The normalized spacial score (nSPS) is 25.6. The van der Waals surface area contributed by atoms with E-state index in [1.165, 1.54) is 44.9 Å². The molecule has 0 amide bonds. The zero-order valence-corrected chi connectivity index (χ0v) is 11.4. The Balaban J connectivity index is 2.06. The maximum Gasteiger partial charge on any atom is -0.0162 e. The molecule has 1 aliphatic carbocycles. The van der Waals surface area contributed by atoms with E-state index in [4.69, 9.17) is 0 Å². The summed E-state index contributed by atoms with van der Waals surface area (Å²) in [5.41, 5.74) is 2.11. The number of hydrogen-bond donors (Lipinski definition) is 0. The van der Waals surface area contributed by atoms with Crippen molar-refractivity contribution >= 4 is 0 Å². The summed E-state index contributed by atoms with van der Waals surface area (Å²) in [6, 6.07) is 11.1. The van der Waals surface area contributed by atoms with Crippen LogP contribution in [0.5, 0.6) is 0 Å². The van der Waals surface area contributed by atoms with Crippen LogP contribution in [0.15, 0.2) is 30.3 Å². The molecule has 2 rings (SSSR count). The first kappa shape index (κ1) is 12.7. The third-order valence-corrected chi connectivity index (χ3v) is 4.35. The molecule has 1 saturated carbocycles. The van der Waals surface area contributed by atoms with Crippen LogP contribution >= 0.6 is 0 Å². The molecule has 0 aliphatic heterocycles. The van der Waals surface area contributed by atoms with Crippen LogP contribution in [0.3, 0.4) is 0 Å². The molecule has 0 aromatic heterocycles. The Morgan fingerprint density at radius 3 is 2.41 bits per heavy atom. The fourth-order valence-corrected chi connectivity index (χ4v) is 3.06. The van der Waals surface area contributed by atoms with Crippen molar-refractivity contribution in [1.82, 2.24) is 0 Å². The third kappa shape index (κ3) is 3.87. The van der Waals surface area contributed by atoms with E-state index in [9.17, 15) is 0 Å². The fraction of sp³-hybridized carbons (Fsp3) is 0.647. The second-order valence-corrected chi connectivity index (χ2v) is 6.41. The van der Waals surface area contributed by atoms with Gasteiger partial charge in [-0.2, -0.15) is 0 Å². The summed E-state index contributed by atoms with van der Waals surface area (Å²) >= 11 is 0. The highest BCUT2D eigenvalue weighted by Crippen LogP contribution is 2.37. The largest absolute Gasteiger partial charge is 0.0622 e. The molecule has 0 saturated heterocycles. The number of benzene rings is 1. The molecule has 0 nitrogen and oxygen atoms in total. The van der Waals surface area contributed by atoms with E-state index < -0.39 is 0 Å². The smallest absolute Gasteiger partial charge is 0.0162 e. The summed E-state index contributed by atoms with van der Waals surface area (Å²) in [6.45, 7) is 4.89. The molecule has 0 spiro atoms. The highest BCUT2D eigenvalue weighted by atomic mass is 14.3. The summed E-state index contributed by atoms with van der Waals surface area (Å²) in [4.78, 5) is 0. The van der Waals surface area contributed by atoms with Crippen LogP contribution in [0.2, 0.25) is 0 Å². The Morgan fingerprint density at radius 2 is 1.65 bits per heavy atom. The Kier molecular flexibility index (Phi) is 4.25. The van der Waals surface area contributed by atoms with Crippen molar-refractivity contribution in [2.45, 2.75) is 64.7 Å². The predicted octanol–water partition coefficient (Wildman–Crippen LogP) is 5.54. The minimum Gasteiger partial charge on any atom is -0.0622 e. The van der Waals surface area contributed by atoms with Gasteiger partial charge in [0, 0.05) is 0 Å². The Morgan fingerprint density at radius 1 is 0.882 bits per heavy atom. The van der Waals surface area contributed by atoms with E-state index in [1.54, 1.807) is 5.56 Å². The second-order valence-electron chi connectivity index (χ2n) is 6.41. The number of hydrogen-bond acceptors (Lipinski definition) is 0. The van der Waals surface area contributed by atoms with E-state index in [-0.39, 0.29) is 0 Å². The molecule has 1 aromatic rings. The molecule has 1 unspecified atom stereocenters. The SMILES string of the molecule is CC1(C)CCCCCC(c2ccccc2)CC1. The van der Waals surface area contributed by atoms with Crippen LogP contribution in [-0.4, -0.2) is 0 Å². The average Bonchev–Trinajstić information content (AvgIpc) is 2.41. The lowest BCUT2D eigenvalue weighted by molar-refractivity contribution is 0.288. The average molecular weight is 230 g/mol. The third-order valence-electron chi connectivity index (χ3n) is 4.35. The van der Waals surface area contributed by atoms with Gasteiger partial charge in [0.2, 0.25) is 0 Å². The summed E-state index contributed by atoms with van der Waals surface area (Å²) in [7, 11) is 0. The summed E-state index contributed by atoms with van der Waals surface area (Å²) in [5.74, 6) is 0.800. The molecule has 0 N–H and O–H groups in total. The molecule has 1 aliphatic rings. The van der Waals surface area contributed by atoms with Crippen LogP contribution in [0.25, 0.3) is 0 Å². The first-order valence-corrected chi connectivity index (χ1v) is 7.22. The van der Waals surface area contributed by atoms with E-state index >= 15 is 0 Å². The van der Waals surface area contributed by atoms with Gasteiger partial charge >= 0.3 is 0 Å². The van der Waals surface area contributed by atoms with Gasteiger partial charge in [-0.3, -0.25) is 0 Å². The molecule has 0 heteroatoms. The lowest BCUT2D eigenvalue weighted by Gasteiger charge is -2.25. The first-order chi connectivity index (χ1) is 8.17. The van der Waals surface area contributed by atoms with Gasteiger partial charge in [0.1, 0.15) is 0 Å². The van der Waals surface area contributed by atoms with Crippen molar-refractivity contribution in [1.29, 1.82) is 0 Å². The highest BCUT2D eigenvalue weighted by Gasteiger charge is 2.22. The monoisotopic (exact) mass is 230 g/mol. The van der Waals surface area contributed by atoms with Gasteiger partial charge < -0.3 is 0 Å². The minimum atomic E-state index is 0.553. The van der Waals surface area contributed by atoms with Crippen molar-refractivity contribution in [3.63, 3.8) is 0 Å². The molecule has 0 radical (unpaired) electrons. The van der Waals surface area contributed by atoms with Crippen molar-refractivity contribution in [3.05, 3.63) is 35.9 Å². The fourth-order valence-electron chi connectivity index (χ4n) is 3.06. The maximum absolute atomic E-state index is 2.44. The Bertz CT molecular complexity index is 323. The maximum atomic E-state index is 2.44. The Hall–Kier alpha value is -0.780. The van der Waals surface area contributed by atoms with E-state index in [0.717, 1.165) is 5.92 Å². The molecule has 0 bridgehead atoms. The highest BCUT2D eigenvalue weighted by molar-refractivity contribution is 5.19. The van der Waals surface area contributed by atoms with Gasteiger partial charge in [-0.1, -0.05) is 63.4 Å². The van der Waals surface area contributed by atoms with Crippen LogP contribution < -0.4 is 0 Å². The van der Waals surface area contributed by atoms with Crippen molar-refractivity contribution in [3.8, 4) is 0 Å². The second kappa shape index (κ2) is 5.71. The first-order valence-electron chi connectivity index (χ1n) is 7.22. The molecule has 1 aromatic carbocycles. The van der Waals surface area contributed by atoms with Gasteiger partial charge in [0.15, 0.2) is 0 Å². The molecular formula is C17H26. The quantitative estimate of drug-likeness (QED) is 0.594. The van der Waals surface area contributed by atoms with Crippen LogP contribution in [0.1, 0.15) is 70.3 Å². The summed E-state index contributed by atoms with van der Waals surface area (Å²) in [6.07, 6.45) is 9.81. The van der Waals surface area contributed by atoms with Gasteiger partial charge in [-0.05, 0) is 42.6 Å².